The third-order valence-corrected chi connectivity index (χ3v) is 16.1. The number of fused-ring (bicyclic) bond motifs is 10. The van der Waals surface area contributed by atoms with Gasteiger partial charge in [-0.1, -0.05) is 166 Å². The number of rotatable bonds is 5. The first-order valence-electron chi connectivity index (χ1n) is 23.7. The number of benzene rings is 10. The van der Waals surface area contributed by atoms with Gasteiger partial charge in [-0.05, 0) is 110 Å². The van der Waals surface area contributed by atoms with Gasteiger partial charge < -0.3 is 4.57 Å². The van der Waals surface area contributed by atoms with Crippen LogP contribution in [0.25, 0.3) is 137 Å². The minimum absolute atomic E-state index is 0.202. The Morgan fingerprint density at radius 1 is 0.377 bits per heavy atom. The third-order valence-electron chi connectivity index (χ3n) is 15.0. The van der Waals surface area contributed by atoms with Crippen LogP contribution in [0.3, 0.4) is 0 Å². The maximum absolute atomic E-state index is 5.26. The van der Waals surface area contributed by atoms with Crippen LogP contribution < -0.4 is 0 Å². The second-order valence-electron chi connectivity index (χ2n) is 19.1. The largest absolute Gasteiger partial charge is 0.308 e. The molecule has 13 aromatic rings. The summed E-state index contributed by atoms with van der Waals surface area (Å²) in [6.07, 6.45) is 0. The molecule has 0 atom stereocenters. The zero-order valence-corrected chi connectivity index (χ0v) is 38.6. The smallest absolute Gasteiger partial charge is 0.164 e. The van der Waals surface area contributed by atoms with E-state index in [2.05, 4.69) is 219 Å². The van der Waals surface area contributed by atoms with Gasteiger partial charge in [0, 0.05) is 64.2 Å². The first-order chi connectivity index (χ1) is 33.9. The quantitative estimate of drug-likeness (QED) is 0.173. The normalized spacial score (nSPS) is 13.2. The van der Waals surface area contributed by atoms with Crippen molar-refractivity contribution in [1.82, 2.24) is 19.5 Å². The summed E-state index contributed by atoms with van der Waals surface area (Å²) in [6.45, 7) is 4.81. The van der Waals surface area contributed by atoms with Gasteiger partial charge in [-0.15, -0.1) is 11.3 Å². The molecule has 322 valence electrons. The Kier molecular flexibility index (Phi) is 7.97. The van der Waals surface area contributed by atoms with E-state index < -0.39 is 0 Å². The Balaban J connectivity index is 0.894. The molecule has 0 spiro atoms. The summed E-state index contributed by atoms with van der Waals surface area (Å²) in [7, 11) is 0. The topological polar surface area (TPSA) is 43.6 Å². The molecule has 4 nitrogen and oxygen atoms in total. The molecule has 1 aliphatic heterocycles. The van der Waals surface area contributed by atoms with E-state index >= 15 is 0 Å². The summed E-state index contributed by atoms with van der Waals surface area (Å²) in [5.74, 6) is 1.93. The summed E-state index contributed by atoms with van der Waals surface area (Å²) < 4.78 is 5.05. The van der Waals surface area contributed by atoms with Crippen molar-refractivity contribution in [2.45, 2.75) is 19.3 Å². The van der Waals surface area contributed by atoms with Gasteiger partial charge in [0.25, 0.3) is 0 Å². The monoisotopic (exact) mass is 896 g/mol. The summed E-state index contributed by atoms with van der Waals surface area (Å²) in [6, 6.07) is 75.2. The van der Waals surface area contributed by atoms with Gasteiger partial charge >= 0.3 is 0 Å². The van der Waals surface area contributed by atoms with Crippen LogP contribution in [0.5, 0.6) is 0 Å². The van der Waals surface area contributed by atoms with E-state index in [0.717, 1.165) is 27.6 Å². The van der Waals surface area contributed by atoms with Crippen molar-refractivity contribution < 1.29 is 0 Å². The third kappa shape index (κ3) is 5.59. The zero-order valence-electron chi connectivity index (χ0n) is 37.8. The molecular formula is C64H40N4S. The average Bonchev–Trinajstić information content (AvgIpc) is 3.99. The van der Waals surface area contributed by atoms with E-state index in [1.54, 1.807) is 0 Å². The molecule has 1 aliphatic carbocycles. The SMILES string of the molecule is CC1(C)c2cc(-c3cccc4cc(-c5nc(-c6ccc(-c7ccccc7)cc6)nc(-c6ccc7sc8ccccc8c7c6)n5)ccc34)cc3c2-c2c1ccc1c4ccccc4n(c21)-c1ccccc1-3. The van der Waals surface area contributed by atoms with Crippen molar-refractivity contribution in [3.05, 3.63) is 217 Å². The molecule has 4 heterocycles. The highest BCUT2D eigenvalue weighted by atomic mass is 32.1. The van der Waals surface area contributed by atoms with Crippen LogP contribution in [0, 0.1) is 0 Å². The Morgan fingerprint density at radius 2 is 1.01 bits per heavy atom. The molecular weight excluding hydrogens is 857 g/mol. The lowest BCUT2D eigenvalue weighted by molar-refractivity contribution is 0.661. The first-order valence-corrected chi connectivity index (χ1v) is 24.5. The lowest BCUT2D eigenvalue weighted by Crippen LogP contribution is -2.15. The molecule has 0 saturated heterocycles. The summed E-state index contributed by atoms with van der Waals surface area (Å²) in [4.78, 5) is 15.7. The molecule has 10 aromatic carbocycles. The highest BCUT2D eigenvalue weighted by molar-refractivity contribution is 7.25. The molecule has 15 rings (SSSR count). The second-order valence-corrected chi connectivity index (χ2v) is 20.2. The van der Waals surface area contributed by atoms with Crippen molar-refractivity contribution in [1.29, 1.82) is 0 Å². The minimum Gasteiger partial charge on any atom is -0.308 e. The molecule has 2 aliphatic rings. The van der Waals surface area contributed by atoms with Crippen LogP contribution in [0.4, 0.5) is 0 Å². The standard InChI is InChI=1S/C64H40N4S/c1-64(2)52-31-30-49-46-16-6-9-20-54(46)68-55-21-10-7-17-47(55)51-35-43(36-53(64)58(51)59(52)60(49)68)44-19-12-15-40-33-41(27-29-45(40)44)62-65-61(39-25-23-38(24-26-39)37-13-4-3-5-14-37)66-63(67-62)42-28-32-57-50(34-42)48-18-8-11-22-56(48)69-57/h3-36H,1-2H3. The molecule has 69 heavy (non-hydrogen) atoms. The predicted octanol–water partition coefficient (Wildman–Crippen LogP) is 17.1. The minimum atomic E-state index is -0.202. The Hall–Kier alpha value is -8.51. The predicted molar refractivity (Wildman–Crippen MR) is 288 cm³/mol. The zero-order chi connectivity index (χ0) is 45.5. The van der Waals surface area contributed by atoms with Gasteiger partial charge in [0.2, 0.25) is 0 Å². The van der Waals surface area contributed by atoms with Crippen LogP contribution in [0.2, 0.25) is 0 Å². The van der Waals surface area contributed by atoms with Crippen LogP contribution in [0.15, 0.2) is 206 Å². The van der Waals surface area contributed by atoms with Crippen molar-refractivity contribution in [2.75, 3.05) is 0 Å². The van der Waals surface area contributed by atoms with Gasteiger partial charge in [-0.25, -0.2) is 15.0 Å². The second kappa shape index (κ2) is 14.3. The Labute approximate surface area is 402 Å². The van der Waals surface area contributed by atoms with Gasteiger partial charge in [0.1, 0.15) is 0 Å². The van der Waals surface area contributed by atoms with E-state index in [1.807, 2.05) is 17.4 Å². The fourth-order valence-corrected chi connectivity index (χ4v) is 12.7. The molecule has 0 bridgehead atoms. The highest BCUT2D eigenvalue weighted by Crippen LogP contribution is 2.59. The fraction of sp³-hybridized carbons (Fsp3) is 0.0469. The van der Waals surface area contributed by atoms with Gasteiger partial charge in [0.05, 0.1) is 16.7 Å². The molecule has 3 aromatic heterocycles. The van der Waals surface area contributed by atoms with Crippen molar-refractivity contribution in [3.8, 4) is 84.4 Å². The van der Waals surface area contributed by atoms with Crippen LogP contribution >= 0.6 is 11.3 Å². The lowest BCUT2D eigenvalue weighted by Gasteiger charge is -2.24. The van der Waals surface area contributed by atoms with Crippen molar-refractivity contribution in [2.24, 2.45) is 0 Å². The molecule has 0 amide bonds. The number of nitrogens with zero attached hydrogens (tertiary/aromatic N) is 4. The first kappa shape index (κ1) is 38.6. The van der Waals surface area contributed by atoms with E-state index in [4.69, 9.17) is 15.0 Å². The molecule has 0 saturated carbocycles. The van der Waals surface area contributed by atoms with Gasteiger partial charge in [0.15, 0.2) is 17.5 Å². The Bertz CT molecular complexity index is 4330. The lowest BCUT2D eigenvalue weighted by atomic mass is 9.80. The highest BCUT2D eigenvalue weighted by Gasteiger charge is 2.41. The van der Waals surface area contributed by atoms with Crippen LogP contribution in [0.1, 0.15) is 25.0 Å². The van der Waals surface area contributed by atoms with Crippen molar-refractivity contribution >= 4 is 64.1 Å². The Morgan fingerprint density at radius 3 is 1.87 bits per heavy atom. The molecule has 0 fully saturated rings. The van der Waals surface area contributed by atoms with E-state index in [9.17, 15) is 0 Å². The molecule has 0 radical (unpaired) electrons. The van der Waals surface area contributed by atoms with Gasteiger partial charge in [-0.3, -0.25) is 0 Å². The number of hydrogen-bond donors (Lipinski definition) is 0. The maximum Gasteiger partial charge on any atom is 0.164 e. The van der Waals surface area contributed by atoms with Crippen LogP contribution in [-0.2, 0) is 5.41 Å². The number of thiophene rings is 1. The summed E-state index contributed by atoms with van der Waals surface area (Å²) in [5, 5.41) is 7.37. The van der Waals surface area contributed by atoms with E-state index in [-0.39, 0.29) is 5.41 Å². The average molecular weight is 897 g/mol. The maximum atomic E-state index is 5.26. The number of aromatic nitrogens is 4. The van der Waals surface area contributed by atoms with Crippen LogP contribution in [-0.4, -0.2) is 19.5 Å². The number of hydrogen-bond acceptors (Lipinski definition) is 4. The molecule has 0 unspecified atom stereocenters. The van der Waals surface area contributed by atoms with E-state index in [1.165, 1.54) is 103 Å². The number of para-hydroxylation sites is 2. The van der Waals surface area contributed by atoms with Crippen molar-refractivity contribution in [3.63, 3.8) is 0 Å². The van der Waals surface area contributed by atoms with E-state index in [0.29, 0.717) is 17.5 Å². The van der Waals surface area contributed by atoms with Gasteiger partial charge in [-0.2, -0.15) is 0 Å². The molecule has 0 N–H and O–H groups in total. The summed E-state index contributed by atoms with van der Waals surface area (Å²) in [5.41, 5.74) is 19.2. The molecule has 5 heteroatoms. The summed E-state index contributed by atoms with van der Waals surface area (Å²) >= 11 is 1.82. The fourth-order valence-electron chi connectivity index (χ4n) is 11.6.